The van der Waals surface area contributed by atoms with Crippen LogP contribution >= 0.6 is 13.5 Å². The third kappa shape index (κ3) is 4.67. The molecule has 9 nitrogen and oxygen atoms in total. The van der Waals surface area contributed by atoms with Gasteiger partial charge in [-0.3, -0.25) is 4.68 Å². The summed E-state index contributed by atoms with van der Waals surface area (Å²) in [4.78, 5) is 21.1. The second-order valence-electron chi connectivity index (χ2n) is 7.91. The number of rotatable bonds is 7. The van der Waals surface area contributed by atoms with E-state index in [0.29, 0.717) is 22.5 Å². The van der Waals surface area contributed by atoms with Crippen LogP contribution in [0.4, 0.5) is 0 Å². The topological polar surface area (TPSA) is 97.0 Å². The Morgan fingerprint density at radius 3 is 2.39 bits per heavy atom. The van der Waals surface area contributed by atoms with Gasteiger partial charge in [0, 0.05) is 6.20 Å². The van der Waals surface area contributed by atoms with Crippen LogP contribution in [-0.2, 0) is 4.74 Å². The Bertz CT molecular complexity index is 1480. The first-order valence-electron chi connectivity index (χ1n) is 11.3. The summed E-state index contributed by atoms with van der Waals surface area (Å²) in [5.41, 5.74) is 5.01. The van der Waals surface area contributed by atoms with Crippen molar-refractivity contribution in [3.63, 3.8) is 0 Å². The van der Waals surface area contributed by atoms with Crippen LogP contribution < -0.4 is 4.74 Å². The van der Waals surface area contributed by atoms with E-state index in [0.717, 1.165) is 11.1 Å². The van der Waals surface area contributed by atoms with Crippen molar-refractivity contribution in [2.45, 2.75) is 19.9 Å². The number of hydrogen-bond acceptors (Lipinski definition) is 7. The van der Waals surface area contributed by atoms with E-state index in [9.17, 15) is 4.79 Å². The first-order chi connectivity index (χ1) is 17.1. The lowest BCUT2D eigenvalue weighted by Crippen LogP contribution is -2.11. The maximum Gasteiger partial charge on any atom is 0.341 e. The van der Waals surface area contributed by atoms with Gasteiger partial charge in [0.15, 0.2) is 0 Å². The fraction of sp³-hybridized carbons (Fsp3) is 0.192. The van der Waals surface area contributed by atoms with Crippen molar-refractivity contribution in [3.05, 3.63) is 84.3 Å². The van der Waals surface area contributed by atoms with Gasteiger partial charge in [0.25, 0.3) is 5.95 Å². The van der Waals surface area contributed by atoms with Crippen LogP contribution in [0.2, 0.25) is 0 Å². The number of carbonyl (C=O) groups is 1. The highest BCUT2D eigenvalue weighted by atomic mass is 32.1. The van der Waals surface area contributed by atoms with Crippen LogP contribution in [0.25, 0.3) is 28.1 Å². The highest BCUT2D eigenvalue weighted by molar-refractivity contribution is 7.59. The molecule has 0 aliphatic heterocycles. The van der Waals surface area contributed by atoms with Gasteiger partial charge in [-0.05, 0) is 30.5 Å². The minimum Gasteiger partial charge on any atom is -0.479 e. The molecular formula is C26H26N6O3S. The standard InChI is InChI=1S/C26H24N6O3.H2S/c1-4-35-25(33)21-14-27-31(16-21)26-29-22-15-28-32(23(22)24(30-26)34-3)17(2)18-10-12-20(13-11-18)19-8-6-5-7-9-19;/h5-17H,4H2,1-3H3;1H2/t17-;/m0./s1. The number of hydrogen-bond donors (Lipinski definition) is 0. The number of aromatic nitrogens is 6. The average molecular weight is 503 g/mol. The summed E-state index contributed by atoms with van der Waals surface area (Å²) in [7, 11) is 1.55. The molecule has 0 saturated carbocycles. The summed E-state index contributed by atoms with van der Waals surface area (Å²) in [6, 6.07) is 18.6. The molecule has 0 radical (unpaired) electrons. The fourth-order valence-corrected chi connectivity index (χ4v) is 3.94. The quantitative estimate of drug-likeness (QED) is 0.300. The van der Waals surface area contributed by atoms with Crippen molar-refractivity contribution in [2.75, 3.05) is 13.7 Å². The van der Waals surface area contributed by atoms with Gasteiger partial charge in [-0.1, -0.05) is 54.6 Å². The van der Waals surface area contributed by atoms with E-state index < -0.39 is 5.97 Å². The molecule has 1 atom stereocenters. The molecule has 5 aromatic rings. The summed E-state index contributed by atoms with van der Waals surface area (Å²) >= 11 is 0. The van der Waals surface area contributed by atoms with Gasteiger partial charge in [-0.15, -0.1) is 0 Å². The second-order valence-corrected chi connectivity index (χ2v) is 7.91. The third-order valence-electron chi connectivity index (χ3n) is 5.76. The van der Waals surface area contributed by atoms with Gasteiger partial charge < -0.3 is 9.47 Å². The molecule has 10 heteroatoms. The van der Waals surface area contributed by atoms with Gasteiger partial charge in [0.05, 0.1) is 37.7 Å². The third-order valence-corrected chi connectivity index (χ3v) is 5.76. The van der Waals surface area contributed by atoms with Crippen molar-refractivity contribution in [1.29, 1.82) is 0 Å². The van der Waals surface area contributed by atoms with Crippen LogP contribution in [0.3, 0.4) is 0 Å². The van der Waals surface area contributed by atoms with Crippen LogP contribution in [0, 0.1) is 0 Å². The Kier molecular flexibility index (Phi) is 7.35. The normalized spacial score (nSPS) is 11.6. The zero-order chi connectivity index (χ0) is 24.4. The van der Waals surface area contributed by atoms with E-state index in [2.05, 4.69) is 63.5 Å². The summed E-state index contributed by atoms with van der Waals surface area (Å²) < 4.78 is 13.9. The molecule has 0 fully saturated rings. The van der Waals surface area contributed by atoms with E-state index in [1.165, 1.54) is 22.6 Å². The first-order valence-corrected chi connectivity index (χ1v) is 11.3. The number of esters is 1. The summed E-state index contributed by atoms with van der Waals surface area (Å²) in [6.45, 7) is 4.10. The van der Waals surface area contributed by atoms with Crippen LogP contribution in [0.15, 0.2) is 73.2 Å². The maximum atomic E-state index is 12.0. The highest BCUT2D eigenvalue weighted by Gasteiger charge is 2.20. The van der Waals surface area contributed by atoms with Gasteiger partial charge in [-0.2, -0.15) is 28.7 Å². The maximum absolute atomic E-state index is 12.0. The molecule has 5 rings (SSSR count). The predicted molar refractivity (Wildman–Crippen MR) is 141 cm³/mol. The molecule has 0 aliphatic carbocycles. The number of carbonyl (C=O) groups excluding carboxylic acids is 1. The lowest BCUT2D eigenvalue weighted by atomic mass is 10.0. The number of nitrogens with zero attached hydrogens (tertiary/aromatic N) is 6. The molecule has 0 unspecified atom stereocenters. The van der Waals surface area contributed by atoms with Crippen molar-refractivity contribution in [1.82, 2.24) is 29.5 Å². The average Bonchev–Trinajstić information content (AvgIpc) is 3.56. The van der Waals surface area contributed by atoms with E-state index in [1.54, 1.807) is 20.2 Å². The van der Waals surface area contributed by atoms with Crippen molar-refractivity contribution in [3.8, 4) is 23.0 Å². The Hall–Kier alpha value is -4.18. The summed E-state index contributed by atoms with van der Waals surface area (Å²) in [6.07, 6.45) is 4.62. The largest absolute Gasteiger partial charge is 0.479 e. The SMILES string of the molecule is CCOC(=O)c1cnn(-c2nc(OC)c3c(cnn3[C@@H](C)c3ccc(-c4ccccc4)cc3)n2)c1.S. The Morgan fingerprint density at radius 2 is 1.69 bits per heavy atom. The van der Waals surface area contributed by atoms with Crippen molar-refractivity contribution < 1.29 is 14.3 Å². The van der Waals surface area contributed by atoms with Gasteiger partial charge in [0.2, 0.25) is 5.88 Å². The molecule has 0 N–H and O–H groups in total. The van der Waals surface area contributed by atoms with Gasteiger partial charge >= 0.3 is 5.97 Å². The molecule has 36 heavy (non-hydrogen) atoms. The fourth-order valence-electron chi connectivity index (χ4n) is 3.94. The second kappa shape index (κ2) is 10.6. The molecular weight excluding hydrogens is 476 g/mol. The molecule has 0 bridgehead atoms. The Balaban J connectivity index is 0.00000304. The van der Waals surface area contributed by atoms with E-state index in [-0.39, 0.29) is 32.1 Å². The Labute approximate surface area is 215 Å². The molecule has 3 aromatic heterocycles. The summed E-state index contributed by atoms with van der Waals surface area (Å²) in [5.74, 6) is 0.180. The van der Waals surface area contributed by atoms with Crippen LogP contribution in [0.5, 0.6) is 5.88 Å². The molecule has 3 heterocycles. The minimum atomic E-state index is -0.452. The number of fused-ring (bicyclic) bond motifs is 1. The lowest BCUT2D eigenvalue weighted by molar-refractivity contribution is 0.0526. The highest BCUT2D eigenvalue weighted by Crippen LogP contribution is 2.29. The molecule has 0 saturated heterocycles. The van der Waals surface area contributed by atoms with E-state index >= 15 is 0 Å². The van der Waals surface area contributed by atoms with Crippen LogP contribution in [0.1, 0.15) is 35.8 Å². The van der Waals surface area contributed by atoms with Crippen molar-refractivity contribution >= 4 is 30.5 Å². The number of methoxy groups -OCH3 is 1. The Morgan fingerprint density at radius 1 is 0.972 bits per heavy atom. The van der Waals surface area contributed by atoms with Crippen molar-refractivity contribution in [2.24, 2.45) is 0 Å². The molecule has 184 valence electrons. The first kappa shape index (κ1) is 24.9. The van der Waals surface area contributed by atoms with Gasteiger partial charge in [-0.25, -0.2) is 14.5 Å². The minimum absolute atomic E-state index is 0. The number of ether oxygens (including phenoxy) is 2. The zero-order valence-electron chi connectivity index (χ0n) is 20.1. The summed E-state index contributed by atoms with van der Waals surface area (Å²) in [5, 5.41) is 8.79. The zero-order valence-corrected chi connectivity index (χ0v) is 21.1. The van der Waals surface area contributed by atoms with E-state index in [1.807, 2.05) is 22.9 Å². The van der Waals surface area contributed by atoms with E-state index in [4.69, 9.17) is 9.47 Å². The molecule has 0 spiro atoms. The molecule has 2 aromatic carbocycles. The van der Waals surface area contributed by atoms with Gasteiger partial charge in [0.1, 0.15) is 11.0 Å². The molecule has 0 aliphatic rings. The number of benzene rings is 2. The lowest BCUT2D eigenvalue weighted by Gasteiger charge is -2.16. The monoisotopic (exact) mass is 502 g/mol. The van der Waals surface area contributed by atoms with Crippen LogP contribution in [-0.4, -0.2) is 49.2 Å². The predicted octanol–water partition coefficient (Wildman–Crippen LogP) is 4.59. The molecule has 0 amide bonds. The smallest absolute Gasteiger partial charge is 0.341 e.